The molecule has 0 fully saturated rings. The van der Waals surface area contributed by atoms with Crippen molar-refractivity contribution >= 4 is 51.4 Å². The van der Waals surface area contributed by atoms with Crippen LogP contribution in [0.4, 0.5) is 17.1 Å². The minimum absolute atomic E-state index is 0.0623. The number of anilines is 2. The number of carbonyl (C=O) groups is 2. The smallest absolute Gasteiger partial charge is 0.291 e. The molecule has 0 spiro atoms. The molecule has 0 bridgehead atoms. The lowest BCUT2D eigenvalue weighted by Gasteiger charge is -2.12. The van der Waals surface area contributed by atoms with Gasteiger partial charge in [-0.1, -0.05) is 29.8 Å². The third-order valence-electron chi connectivity index (χ3n) is 4.76. The number of nitrogens with one attached hydrogen (secondary N) is 2. The summed E-state index contributed by atoms with van der Waals surface area (Å²) in [7, 11) is 1.42. The minimum atomic E-state index is -0.665. The van der Waals surface area contributed by atoms with Crippen molar-refractivity contribution in [3.8, 4) is 5.75 Å². The Morgan fingerprint density at radius 2 is 1.79 bits per heavy atom. The van der Waals surface area contributed by atoms with E-state index in [0.717, 1.165) is 11.5 Å². The van der Waals surface area contributed by atoms with Crippen molar-refractivity contribution in [1.82, 2.24) is 0 Å². The van der Waals surface area contributed by atoms with Crippen molar-refractivity contribution in [2.75, 3.05) is 17.7 Å². The Morgan fingerprint density at radius 3 is 2.52 bits per heavy atom. The van der Waals surface area contributed by atoms with Crippen LogP contribution in [-0.4, -0.2) is 23.8 Å². The number of fused-ring (bicyclic) bond motifs is 1. The summed E-state index contributed by atoms with van der Waals surface area (Å²) in [6.07, 6.45) is 0. The number of nitro groups is 1. The number of benzene rings is 3. The van der Waals surface area contributed by atoms with Crippen molar-refractivity contribution in [2.45, 2.75) is 0 Å². The largest absolute Gasteiger partial charge is 0.494 e. The van der Waals surface area contributed by atoms with Crippen LogP contribution in [0.25, 0.3) is 11.0 Å². The van der Waals surface area contributed by atoms with E-state index in [4.69, 9.17) is 20.8 Å². The second-order valence-corrected chi connectivity index (χ2v) is 7.30. The van der Waals surface area contributed by atoms with Gasteiger partial charge in [-0.3, -0.25) is 19.7 Å². The second kappa shape index (κ2) is 9.01. The maximum atomic E-state index is 12.6. The molecule has 33 heavy (non-hydrogen) atoms. The van der Waals surface area contributed by atoms with Crippen LogP contribution in [0.2, 0.25) is 5.02 Å². The molecule has 2 amide bonds. The van der Waals surface area contributed by atoms with Gasteiger partial charge in [-0.15, -0.1) is 0 Å². The first-order chi connectivity index (χ1) is 15.9. The molecule has 0 radical (unpaired) electrons. The molecule has 4 aromatic rings. The lowest BCUT2D eigenvalue weighted by atomic mass is 10.1. The Labute approximate surface area is 192 Å². The van der Waals surface area contributed by atoms with E-state index in [-0.39, 0.29) is 22.0 Å². The summed E-state index contributed by atoms with van der Waals surface area (Å²) >= 11 is 5.79. The third-order valence-corrected chi connectivity index (χ3v) is 5.08. The van der Waals surface area contributed by atoms with Gasteiger partial charge in [-0.25, -0.2) is 0 Å². The van der Waals surface area contributed by atoms with Gasteiger partial charge in [0.15, 0.2) is 5.76 Å². The maximum Gasteiger partial charge on any atom is 0.291 e. The van der Waals surface area contributed by atoms with Crippen LogP contribution in [0.3, 0.4) is 0 Å². The highest BCUT2D eigenvalue weighted by Gasteiger charge is 2.18. The number of hydrogen-bond donors (Lipinski definition) is 2. The molecular weight excluding hydrogens is 450 g/mol. The summed E-state index contributed by atoms with van der Waals surface area (Å²) in [4.78, 5) is 35.5. The maximum absolute atomic E-state index is 12.6. The number of carbonyl (C=O) groups excluding carboxylic acids is 2. The highest BCUT2D eigenvalue weighted by Crippen LogP contribution is 2.30. The summed E-state index contributed by atoms with van der Waals surface area (Å²) in [5, 5.41) is 17.1. The standard InChI is InChI=1S/C23H16ClN3O6/c1-32-20-12-15(25-22(28)14-6-8-16(24)18(10-14)27(30)31)7-9-17(20)26-23(29)21-11-13-4-2-3-5-19(13)33-21/h2-12H,1H3,(H,25,28)(H,26,29). The Kier molecular flexibility index (Phi) is 5.97. The molecule has 0 unspecified atom stereocenters. The summed E-state index contributed by atoms with van der Waals surface area (Å²) < 4.78 is 10.9. The van der Waals surface area contributed by atoms with E-state index in [0.29, 0.717) is 22.7 Å². The third kappa shape index (κ3) is 4.63. The number of furan rings is 1. The molecule has 0 aliphatic heterocycles. The van der Waals surface area contributed by atoms with Gasteiger partial charge >= 0.3 is 0 Å². The fourth-order valence-electron chi connectivity index (χ4n) is 3.15. The quantitative estimate of drug-likeness (QED) is 0.286. The van der Waals surface area contributed by atoms with Crippen LogP contribution < -0.4 is 15.4 Å². The van der Waals surface area contributed by atoms with Gasteiger partial charge in [0.05, 0.1) is 17.7 Å². The van der Waals surface area contributed by atoms with Crippen LogP contribution >= 0.6 is 11.6 Å². The van der Waals surface area contributed by atoms with Crippen LogP contribution in [-0.2, 0) is 0 Å². The average Bonchev–Trinajstić information content (AvgIpc) is 3.24. The highest BCUT2D eigenvalue weighted by molar-refractivity contribution is 6.32. The van der Waals surface area contributed by atoms with Gasteiger partial charge in [-0.05, 0) is 36.4 Å². The normalized spacial score (nSPS) is 10.6. The number of para-hydroxylation sites is 1. The van der Waals surface area contributed by atoms with Gasteiger partial charge in [0.1, 0.15) is 16.4 Å². The van der Waals surface area contributed by atoms with Crippen LogP contribution in [0, 0.1) is 10.1 Å². The molecule has 1 aromatic heterocycles. The Morgan fingerprint density at radius 1 is 1.00 bits per heavy atom. The fraction of sp³-hybridized carbons (Fsp3) is 0.0435. The molecule has 1 heterocycles. The predicted octanol–water partition coefficient (Wildman–Crippen LogP) is 5.51. The number of halogens is 1. The van der Waals surface area contributed by atoms with Crippen LogP contribution in [0.5, 0.6) is 5.75 Å². The Balaban J connectivity index is 1.52. The molecule has 0 atom stereocenters. The van der Waals surface area contributed by atoms with E-state index in [9.17, 15) is 19.7 Å². The van der Waals surface area contributed by atoms with E-state index in [1.54, 1.807) is 24.3 Å². The molecule has 0 aliphatic rings. The molecule has 10 heteroatoms. The minimum Gasteiger partial charge on any atom is -0.494 e. The first-order valence-electron chi connectivity index (χ1n) is 9.59. The first-order valence-corrected chi connectivity index (χ1v) is 9.97. The predicted molar refractivity (Wildman–Crippen MR) is 123 cm³/mol. The molecule has 166 valence electrons. The molecule has 4 rings (SSSR count). The number of hydrogen-bond acceptors (Lipinski definition) is 6. The van der Waals surface area contributed by atoms with Gasteiger partial charge in [0, 0.05) is 28.8 Å². The molecular formula is C23H16ClN3O6. The Bertz CT molecular complexity index is 1370. The molecule has 2 N–H and O–H groups in total. The molecule has 0 saturated carbocycles. The topological polar surface area (TPSA) is 124 Å². The average molecular weight is 466 g/mol. The van der Waals surface area contributed by atoms with E-state index >= 15 is 0 Å². The number of ether oxygens (including phenoxy) is 1. The molecule has 0 saturated heterocycles. The van der Waals surface area contributed by atoms with Crippen LogP contribution in [0.1, 0.15) is 20.9 Å². The SMILES string of the molecule is COc1cc(NC(=O)c2ccc(Cl)c([N+](=O)[O-])c2)ccc1NC(=O)c1cc2ccccc2o1. The number of nitro benzene ring substituents is 1. The zero-order valence-corrected chi connectivity index (χ0v) is 17.9. The van der Waals surface area contributed by atoms with E-state index in [2.05, 4.69) is 10.6 Å². The summed E-state index contributed by atoms with van der Waals surface area (Å²) in [6, 6.07) is 17.3. The number of nitrogens with zero attached hydrogens (tertiary/aromatic N) is 1. The number of amides is 2. The van der Waals surface area contributed by atoms with Gasteiger partial charge < -0.3 is 19.8 Å². The summed E-state index contributed by atoms with van der Waals surface area (Å²) in [5.41, 5.74) is 1.01. The zero-order valence-electron chi connectivity index (χ0n) is 17.1. The Hall–Kier alpha value is -4.37. The molecule has 3 aromatic carbocycles. The van der Waals surface area contributed by atoms with E-state index in [1.165, 1.54) is 25.3 Å². The summed E-state index contributed by atoms with van der Waals surface area (Å²) in [6.45, 7) is 0. The highest BCUT2D eigenvalue weighted by atomic mass is 35.5. The monoisotopic (exact) mass is 465 g/mol. The molecule has 0 aliphatic carbocycles. The summed E-state index contributed by atoms with van der Waals surface area (Å²) in [5.74, 6) is -0.607. The zero-order chi connectivity index (χ0) is 23.5. The van der Waals surface area contributed by atoms with Gasteiger partial charge in [0.2, 0.25) is 0 Å². The lowest BCUT2D eigenvalue weighted by Crippen LogP contribution is -2.14. The van der Waals surface area contributed by atoms with Gasteiger partial charge in [0.25, 0.3) is 17.5 Å². The molecule has 9 nitrogen and oxygen atoms in total. The second-order valence-electron chi connectivity index (χ2n) is 6.90. The van der Waals surface area contributed by atoms with E-state index in [1.807, 2.05) is 18.2 Å². The van der Waals surface area contributed by atoms with Crippen LogP contribution in [0.15, 0.2) is 71.1 Å². The van der Waals surface area contributed by atoms with E-state index < -0.39 is 16.7 Å². The van der Waals surface area contributed by atoms with Crippen molar-refractivity contribution in [2.24, 2.45) is 0 Å². The fourth-order valence-corrected chi connectivity index (χ4v) is 3.33. The van der Waals surface area contributed by atoms with Crippen molar-refractivity contribution in [3.63, 3.8) is 0 Å². The van der Waals surface area contributed by atoms with Crippen molar-refractivity contribution < 1.29 is 23.7 Å². The van der Waals surface area contributed by atoms with Gasteiger partial charge in [-0.2, -0.15) is 0 Å². The van der Waals surface area contributed by atoms with Crippen molar-refractivity contribution in [3.05, 3.63) is 93.2 Å². The van der Waals surface area contributed by atoms with Crippen molar-refractivity contribution in [1.29, 1.82) is 0 Å². The lowest BCUT2D eigenvalue weighted by molar-refractivity contribution is -0.384. The number of methoxy groups -OCH3 is 1. The first kappa shape index (κ1) is 21.8. The number of rotatable bonds is 6.